The van der Waals surface area contributed by atoms with E-state index in [2.05, 4.69) is 0 Å². The molecule has 0 saturated carbocycles. The van der Waals surface area contributed by atoms with Crippen molar-refractivity contribution in [3.05, 3.63) is 0 Å². The summed E-state index contributed by atoms with van der Waals surface area (Å²) in [5, 5.41) is 0. The van der Waals surface area contributed by atoms with Gasteiger partial charge in [-0.05, 0) is 13.3 Å². The van der Waals surface area contributed by atoms with Crippen molar-refractivity contribution >= 4 is 15.6 Å². The van der Waals surface area contributed by atoms with Crippen molar-refractivity contribution in [2.75, 3.05) is 11.5 Å². The Morgan fingerprint density at radius 1 is 1.36 bits per heavy atom. The van der Waals surface area contributed by atoms with Gasteiger partial charge in [0.1, 0.15) is 15.6 Å². The summed E-state index contributed by atoms with van der Waals surface area (Å²) < 4.78 is 21.7. The van der Waals surface area contributed by atoms with Crippen molar-refractivity contribution in [2.24, 2.45) is 0 Å². The Hall–Kier alpha value is -0.380. The zero-order valence-electron chi connectivity index (χ0n) is 6.96. The van der Waals surface area contributed by atoms with Crippen LogP contribution in [0.5, 0.6) is 0 Å². The molecule has 0 aromatic carbocycles. The number of Topliss-reactive ketones (excluding diaryl/α,β-unsaturated/α-hetero) is 1. The highest BCUT2D eigenvalue weighted by Crippen LogP contribution is 1.97. The van der Waals surface area contributed by atoms with Crippen molar-refractivity contribution < 1.29 is 13.2 Å². The van der Waals surface area contributed by atoms with Crippen molar-refractivity contribution in [2.45, 2.75) is 26.7 Å². The van der Waals surface area contributed by atoms with Gasteiger partial charge < -0.3 is 4.79 Å². The second-order valence-corrected chi connectivity index (χ2v) is 5.01. The zero-order chi connectivity index (χ0) is 8.91. The Morgan fingerprint density at radius 2 is 1.91 bits per heavy atom. The predicted molar refractivity (Wildman–Crippen MR) is 44.2 cm³/mol. The third kappa shape index (κ3) is 6.04. The van der Waals surface area contributed by atoms with Gasteiger partial charge in [0.2, 0.25) is 0 Å². The molecule has 0 aliphatic rings. The molecular weight excluding hydrogens is 164 g/mol. The maximum Gasteiger partial charge on any atom is 0.150 e. The van der Waals surface area contributed by atoms with Gasteiger partial charge in [-0.25, -0.2) is 8.42 Å². The second-order valence-electron chi connectivity index (χ2n) is 2.54. The first-order valence-corrected chi connectivity index (χ1v) is 5.50. The number of hydrogen-bond acceptors (Lipinski definition) is 3. The van der Waals surface area contributed by atoms with Crippen molar-refractivity contribution in [3.8, 4) is 0 Å². The van der Waals surface area contributed by atoms with Crippen molar-refractivity contribution in [1.29, 1.82) is 0 Å². The first-order chi connectivity index (χ1) is 4.98. The molecule has 0 aliphatic heterocycles. The SMILES string of the molecule is CCS(=O)(=O)CCCC(C)=O. The number of sulfone groups is 1. The minimum Gasteiger partial charge on any atom is -0.300 e. The molecule has 0 aromatic heterocycles. The average Bonchev–Trinajstić information content (AvgIpc) is 1.87. The highest BCUT2D eigenvalue weighted by atomic mass is 32.2. The summed E-state index contributed by atoms with van der Waals surface area (Å²) in [6, 6.07) is 0. The molecule has 0 radical (unpaired) electrons. The summed E-state index contributed by atoms with van der Waals surface area (Å²) in [6.07, 6.45) is 0.838. The molecule has 0 fully saturated rings. The molecule has 11 heavy (non-hydrogen) atoms. The lowest BCUT2D eigenvalue weighted by atomic mass is 10.3. The van der Waals surface area contributed by atoms with E-state index in [-0.39, 0.29) is 17.3 Å². The Bertz CT molecular complexity index is 216. The van der Waals surface area contributed by atoms with E-state index in [1.165, 1.54) is 6.92 Å². The maximum atomic E-state index is 10.9. The van der Waals surface area contributed by atoms with Crippen LogP contribution in [0.2, 0.25) is 0 Å². The summed E-state index contributed by atoms with van der Waals surface area (Å²) in [5.74, 6) is 0.366. The van der Waals surface area contributed by atoms with E-state index < -0.39 is 9.84 Å². The molecule has 0 bridgehead atoms. The van der Waals surface area contributed by atoms with Gasteiger partial charge in [0.25, 0.3) is 0 Å². The molecule has 0 aromatic rings. The van der Waals surface area contributed by atoms with E-state index in [0.717, 1.165) is 0 Å². The Kier molecular flexibility index (Phi) is 4.33. The molecule has 0 spiro atoms. The highest BCUT2D eigenvalue weighted by molar-refractivity contribution is 7.91. The van der Waals surface area contributed by atoms with Crippen LogP contribution in [-0.2, 0) is 14.6 Å². The fourth-order valence-electron chi connectivity index (χ4n) is 0.685. The topological polar surface area (TPSA) is 51.2 Å². The average molecular weight is 178 g/mol. The van der Waals surface area contributed by atoms with E-state index in [1.54, 1.807) is 6.92 Å². The second kappa shape index (κ2) is 4.49. The van der Waals surface area contributed by atoms with Gasteiger partial charge in [0, 0.05) is 12.2 Å². The van der Waals surface area contributed by atoms with Crippen LogP contribution in [0.4, 0.5) is 0 Å². The first kappa shape index (κ1) is 10.6. The van der Waals surface area contributed by atoms with Gasteiger partial charge in [-0.2, -0.15) is 0 Å². The molecule has 0 aliphatic carbocycles. The standard InChI is InChI=1S/C7H14O3S/c1-3-11(9,10)6-4-5-7(2)8/h3-6H2,1-2H3. The third-order valence-corrected chi connectivity index (χ3v) is 3.21. The van der Waals surface area contributed by atoms with Gasteiger partial charge in [-0.3, -0.25) is 0 Å². The Balaban J connectivity index is 3.63. The van der Waals surface area contributed by atoms with E-state index in [9.17, 15) is 13.2 Å². The third-order valence-electron chi connectivity index (χ3n) is 1.42. The number of carbonyl (C=O) groups excluding carboxylic acids is 1. The van der Waals surface area contributed by atoms with E-state index in [0.29, 0.717) is 12.8 Å². The minimum atomic E-state index is -2.87. The number of hydrogen-bond donors (Lipinski definition) is 0. The van der Waals surface area contributed by atoms with E-state index in [1.807, 2.05) is 0 Å². The molecule has 3 nitrogen and oxygen atoms in total. The zero-order valence-corrected chi connectivity index (χ0v) is 7.78. The largest absolute Gasteiger partial charge is 0.300 e. The van der Waals surface area contributed by atoms with Crippen LogP contribution < -0.4 is 0 Å². The first-order valence-electron chi connectivity index (χ1n) is 3.68. The lowest BCUT2D eigenvalue weighted by Gasteiger charge is -1.97. The predicted octanol–water partition coefficient (Wildman–Crippen LogP) is 0.790. The molecule has 0 rings (SSSR count). The maximum absolute atomic E-state index is 10.9. The van der Waals surface area contributed by atoms with Crippen LogP contribution >= 0.6 is 0 Å². The quantitative estimate of drug-likeness (QED) is 0.625. The normalized spacial score (nSPS) is 11.5. The molecule has 4 heteroatoms. The van der Waals surface area contributed by atoms with Crippen LogP contribution in [-0.4, -0.2) is 25.7 Å². The summed E-state index contributed by atoms with van der Waals surface area (Å²) in [7, 11) is -2.87. The van der Waals surface area contributed by atoms with Crippen LogP contribution in [0.3, 0.4) is 0 Å². The van der Waals surface area contributed by atoms with Gasteiger partial charge in [0.05, 0.1) is 5.75 Å². The smallest absolute Gasteiger partial charge is 0.150 e. The Morgan fingerprint density at radius 3 is 2.27 bits per heavy atom. The summed E-state index contributed by atoms with van der Waals surface area (Å²) in [4.78, 5) is 10.4. The molecule has 0 amide bonds. The molecule has 0 saturated heterocycles. The lowest BCUT2D eigenvalue weighted by Crippen LogP contribution is -2.09. The van der Waals surface area contributed by atoms with Crippen molar-refractivity contribution in [3.63, 3.8) is 0 Å². The lowest BCUT2D eigenvalue weighted by molar-refractivity contribution is -0.117. The van der Waals surface area contributed by atoms with Crippen LogP contribution in [0.1, 0.15) is 26.7 Å². The highest BCUT2D eigenvalue weighted by Gasteiger charge is 2.06. The van der Waals surface area contributed by atoms with Crippen LogP contribution in [0.15, 0.2) is 0 Å². The summed E-state index contributed by atoms with van der Waals surface area (Å²) in [5.41, 5.74) is 0. The number of ketones is 1. The van der Waals surface area contributed by atoms with Crippen molar-refractivity contribution in [1.82, 2.24) is 0 Å². The molecule has 0 heterocycles. The van der Waals surface area contributed by atoms with Gasteiger partial charge in [-0.1, -0.05) is 6.92 Å². The fourth-order valence-corrected chi connectivity index (χ4v) is 1.56. The van der Waals surface area contributed by atoms with Gasteiger partial charge >= 0.3 is 0 Å². The monoisotopic (exact) mass is 178 g/mol. The number of carbonyl (C=O) groups is 1. The fraction of sp³-hybridized carbons (Fsp3) is 0.857. The van der Waals surface area contributed by atoms with Crippen LogP contribution in [0.25, 0.3) is 0 Å². The van der Waals surface area contributed by atoms with E-state index >= 15 is 0 Å². The minimum absolute atomic E-state index is 0.0521. The van der Waals surface area contributed by atoms with Gasteiger partial charge in [0.15, 0.2) is 0 Å². The van der Waals surface area contributed by atoms with E-state index in [4.69, 9.17) is 0 Å². The Labute approximate surface area is 67.7 Å². The molecule has 0 atom stereocenters. The summed E-state index contributed by atoms with van der Waals surface area (Å²) in [6.45, 7) is 3.08. The molecule has 0 N–H and O–H groups in total. The molecule has 66 valence electrons. The molecular formula is C7H14O3S. The summed E-state index contributed by atoms with van der Waals surface area (Å²) >= 11 is 0. The van der Waals surface area contributed by atoms with Gasteiger partial charge in [-0.15, -0.1) is 0 Å². The molecule has 0 unspecified atom stereocenters. The van der Waals surface area contributed by atoms with Crippen LogP contribution in [0, 0.1) is 0 Å². The number of rotatable bonds is 5.